The van der Waals surface area contributed by atoms with Gasteiger partial charge in [-0.05, 0) is 48.5 Å². The molecule has 0 N–H and O–H groups in total. The Balaban J connectivity index is 2.05. The van der Waals surface area contributed by atoms with E-state index >= 15 is 0 Å². The Morgan fingerprint density at radius 3 is 2.05 bits per heavy atom. The zero-order valence-corrected chi connectivity index (χ0v) is 13.1. The first kappa shape index (κ1) is 14.4. The molecule has 1 heterocycles. The molecule has 3 rings (SSSR count). The summed E-state index contributed by atoms with van der Waals surface area (Å²) < 4.78 is 3.56. The lowest BCUT2D eigenvalue weighted by Gasteiger charge is -1.96. The normalized spacial score (nSPS) is 10.8. The number of benzene rings is 2. The molecule has 0 aliphatic rings. The van der Waals surface area contributed by atoms with Crippen molar-refractivity contribution in [2.24, 2.45) is 0 Å². The summed E-state index contributed by atoms with van der Waals surface area (Å²) in [5, 5.41) is 5.92. The van der Waals surface area contributed by atoms with E-state index in [9.17, 15) is 0 Å². The molecule has 0 amide bonds. The van der Waals surface area contributed by atoms with E-state index in [0.29, 0.717) is 15.9 Å². The van der Waals surface area contributed by atoms with Crippen LogP contribution in [0.25, 0.3) is 11.4 Å². The SMILES string of the molecule is ClCc1c[n+](-c2ccc(Cl)cc2)nn1-c1ccc(Cl)cc1. The summed E-state index contributed by atoms with van der Waals surface area (Å²) >= 11 is 17.8. The van der Waals surface area contributed by atoms with E-state index < -0.39 is 0 Å². The van der Waals surface area contributed by atoms with E-state index in [1.807, 2.05) is 54.7 Å². The van der Waals surface area contributed by atoms with Crippen LogP contribution >= 0.6 is 34.8 Å². The van der Waals surface area contributed by atoms with Gasteiger partial charge in [0.2, 0.25) is 0 Å². The lowest BCUT2D eigenvalue weighted by atomic mass is 10.3. The maximum atomic E-state index is 6.02. The van der Waals surface area contributed by atoms with Crippen molar-refractivity contribution >= 4 is 34.8 Å². The fourth-order valence-corrected chi connectivity index (χ4v) is 2.42. The van der Waals surface area contributed by atoms with Gasteiger partial charge in [0, 0.05) is 10.0 Å². The van der Waals surface area contributed by atoms with Gasteiger partial charge in [0.25, 0.3) is 0 Å². The molecule has 0 atom stereocenters. The minimum atomic E-state index is 0.357. The molecule has 3 nitrogen and oxygen atoms in total. The molecule has 106 valence electrons. The Kier molecular flexibility index (Phi) is 4.15. The lowest BCUT2D eigenvalue weighted by Crippen LogP contribution is -2.32. The molecule has 0 aliphatic heterocycles. The number of halogens is 3. The zero-order chi connectivity index (χ0) is 14.8. The molecule has 0 radical (unpaired) electrons. The second-order valence-electron chi connectivity index (χ2n) is 4.45. The Hall–Kier alpha value is -1.55. The molecule has 0 unspecified atom stereocenters. The van der Waals surface area contributed by atoms with E-state index in [-0.39, 0.29) is 0 Å². The molecule has 0 saturated heterocycles. The van der Waals surface area contributed by atoms with Crippen LogP contribution in [0.3, 0.4) is 0 Å². The summed E-state index contributed by atoms with van der Waals surface area (Å²) in [5.41, 5.74) is 2.70. The molecule has 21 heavy (non-hydrogen) atoms. The first-order chi connectivity index (χ1) is 10.2. The molecule has 3 aromatic rings. The van der Waals surface area contributed by atoms with E-state index in [1.54, 1.807) is 9.36 Å². The van der Waals surface area contributed by atoms with E-state index in [4.69, 9.17) is 34.8 Å². The summed E-state index contributed by atoms with van der Waals surface area (Å²) in [5.74, 6) is 0.357. The highest BCUT2D eigenvalue weighted by atomic mass is 35.5. The Bertz CT molecular complexity index is 749. The van der Waals surface area contributed by atoms with Crippen LogP contribution in [0.15, 0.2) is 54.7 Å². The molecule has 6 heteroatoms. The molecule has 0 fully saturated rings. The van der Waals surface area contributed by atoms with Crippen molar-refractivity contribution in [1.82, 2.24) is 9.90 Å². The number of hydrogen-bond donors (Lipinski definition) is 0. The van der Waals surface area contributed by atoms with Gasteiger partial charge in [-0.15, -0.1) is 16.3 Å². The van der Waals surface area contributed by atoms with Crippen LogP contribution in [-0.2, 0) is 5.88 Å². The van der Waals surface area contributed by atoms with Gasteiger partial charge in [-0.1, -0.05) is 27.9 Å². The molecule has 0 bridgehead atoms. The predicted molar refractivity (Wildman–Crippen MR) is 84.7 cm³/mol. The van der Waals surface area contributed by atoms with Crippen molar-refractivity contribution in [3.05, 3.63) is 70.5 Å². The van der Waals surface area contributed by atoms with Crippen LogP contribution in [0.5, 0.6) is 0 Å². The summed E-state index contributed by atoms with van der Waals surface area (Å²) in [7, 11) is 0. The van der Waals surface area contributed by atoms with E-state index in [0.717, 1.165) is 17.1 Å². The fraction of sp³-hybridized carbons (Fsp3) is 0.0667. The molecular weight excluding hydrogens is 329 g/mol. The summed E-state index contributed by atoms with van der Waals surface area (Å²) in [6, 6.07) is 14.9. The van der Waals surface area contributed by atoms with Crippen LogP contribution in [0.4, 0.5) is 0 Å². The van der Waals surface area contributed by atoms with Gasteiger partial charge in [-0.2, -0.15) is 0 Å². The highest BCUT2D eigenvalue weighted by molar-refractivity contribution is 6.30. The first-order valence-electron chi connectivity index (χ1n) is 6.26. The molecule has 1 aromatic heterocycles. The van der Waals surface area contributed by atoms with Crippen LogP contribution in [0, 0.1) is 0 Å². The predicted octanol–water partition coefficient (Wildman–Crippen LogP) is 4.19. The third-order valence-electron chi connectivity index (χ3n) is 3.03. The summed E-state index contributed by atoms with van der Waals surface area (Å²) in [6.07, 6.45) is 1.89. The lowest BCUT2D eigenvalue weighted by molar-refractivity contribution is -0.661. The minimum Gasteiger partial charge on any atom is -0.117 e. The maximum absolute atomic E-state index is 6.02. The molecule has 0 saturated carbocycles. The molecule has 2 aromatic carbocycles. The largest absolute Gasteiger partial charge is 0.189 e. The molecule has 0 spiro atoms. The number of rotatable bonds is 3. The van der Waals surface area contributed by atoms with Gasteiger partial charge in [-0.3, -0.25) is 0 Å². The van der Waals surface area contributed by atoms with Gasteiger partial charge in [0.1, 0.15) is 5.21 Å². The number of alkyl halides is 1. The standard InChI is InChI=1S/C15H11Cl3N3/c16-9-15-10-20(13-5-1-11(17)2-6-13)19-21(15)14-7-3-12(18)4-8-14/h1-8,10H,9H2/q+1. The minimum absolute atomic E-state index is 0.357. The van der Waals surface area contributed by atoms with Gasteiger partial charge in [-0.25, -0.2) is 0 Å². The van der Waals surface area contributed by atoms with E-state index in [1.165, 1.54) is 0 Å². The number of nitrogens with zero attached hydrogens (tertiary/aromatic N) is 3. The maximum Gasteiger partial charge on any atom is 0.189 e. The molecular formula is C15H11Cl3N3+. The number of aromatic nitrogens is 3. The topological polar surface area (TPSA) is 21.7 Å². The van der Waals surface area contributed by atoms with Gasteiger partial charge < -0.3 is 0 Å². The highest BCUT2D eigenvalue weighted by Gasteiger charge is 2.18. The Morgan fingerprint density at radius 2 is 1.48 bits per heavy atom. The van der Waals surface area contributed by atoms with Crippen molar-refractivity contribution < 1.29 is 4.68 Å². The van der Waals surface area contributed by atoms with Crippen LogP contribution in [-0.4, -0.2) is 9.90 Å². The summed E-state index contributed by atoms with van der Waals surface area (Å²) in [4.78, 5) is 0. The average molecular weight is 340 g/mol. The third-order valence-corrected chi connectivity index (χ3v) is 3.81. The van der Waals surface area contributed by atoms with Crippen molar-refractivity contribution in [2.45, 2.75) is 5.88 Å². The average Bonchev–Trinajstić information content (AvgIpc) is 2.93. The van der Waals surface area contributed by atoms with Crippen molar-refractivity contribution in [3.63, 3.8) is 0 Å². The number of hydrogen-bond acceptors (Lipinski definition) is 1. The van der Waals surface area contributed by atoms with E-state index in [2.05, 4.69) is 5.21 Å². The van der Waals surface area contributed by atoms with Gasteiger partial charge in [0.15, 0.2) is 23.3 Å². The smallest absolute Gasteiger partial charge is 0.117 e. The second kappa shape index (κ2) is 6.06. The zero-order valence-electron chi connectivity index (χ0n) is 10.9. The van der Waals surface area contributed by atoms with Crippen LogP contribution in [0.2, 0.25) is 10.0 Å². The summed E-state index contributed by atoms with van der Waals surface area (Å²) in [6.45, 7) is 0. The first-order valence-corrected chi connectivity index (χ1v) is 7.55. The van der Waals surface area contributed by atoms with Crippen molar-refractivity contribution in [2.75, 3.05) is 0 Å². The highest BCUT2D eigenvalue weighted by Crippen LogP contribution is 2.15. The van der Waals surface area contributed by atoms with Crippen molar-refractivity contribution in [3.8, 4) is 11.4 Å². The monoisotopic (exact) mass is 338 g/mol. The second-order valence-corrected chi connectivity index (χ2v) is 5.59. The fourth-order valence-electron chi connectivity index (χ4n) is 1.99. The Morgan fingerprint density at radius 1 is 0.905 bits per heavy atom. The van der Waals surface area contributed by atoms with Crippen molar-refractivity contribution in [1.29, 1.82) is 0 Å². The third kappa shape index (κ3) is 3.05. The Labute approximate surface area is 137 Å². The quantitative estimate of drug-likeness (QED) is 0.518. The van der Waals surface area contributed by atoms with Gasteiger partial charge >= 0.3 is 0 Å². The molecule has 0 aliphatic carbocycles. The van der Waals surface area contributed by atoms with Gasteiger partial charge in [0.05, 0.1) is 5.88 Å². The van der Waals surface area contributed by atoms with Crippen LogP contribution in [0.1, 0.15) is 5.69 Å². The van der Waals surface area contributed by atoms with Crippen LogP contribution < -0.4 is 4.68 Å².